The zero-order valence-corrected chi connectivity index (χ0v) is 13.3. The van der Waals surface area contributed by atoms with Gasteiger partial charge in [-0.2, -0.15) is 0 Å². The van der Waals surface area contributed by atoms with Crippen LogP contribution in [0.5, 0.6) is 0 Å². The Bertz CT molecular complexity index is 453. The second-order valence-electron chi connectivity index (χ2n) is 5.32. The summed E-state index contributed by atoms with van der Waals surface area (Å²) in [6.45, 7) is 3.55. The Balaban J connectivity index is 0.00000200. The van der Waals surface area contributed by atoms with Crippen molar-refractivity contribution in [2.24, 2.45) is 11.7 Å². The van der Waals surface area contributed by atoms with Gasteiger partial charge in [0.15, 0.2) is 0 Å². The minimum atomic E-state index is 0. The molecule has 2 rings (SSSR count). The number of halogens is 2. The molecule has 0 bridgehead atoms. The molecular weight excluding hydrogens is 295 g/mol. The predicted octanol–water partition coefficient (Wildman–Crippen LogP) is 2.89. The highest BCUT2D eigenvalue weighted by atomic mass is 35.5. The number of rotatable bonds is 3. The summed E-state index contributed by atoms with van der Waals surface area (Å²) >= 11 is 5.95. The Morgan fingerprint density at radius 2 is 2.25 bits per heavy atom. The van der Waals surface area contributed by atoms with Crippen LogP contribution in [0.1, 0.15) is 25.3 Å². The first kappa shape index (κ1) is 17.3. The van der Waals surface area contributed by atoms with Gasteiger partial charge in [0.05, 0.1) is 6.42 Å². The molecule has 2 atom stereocenters. The van der Waals surface area contributed by atoms with Gasteiger partial charge in [-0.15, -0.1) is 12.4 Å². The average molecular weight is 317 g/mol. The first-order valence-corrected chi connectivity index (χ1v) is 7.23. The summed E-state index contributed by atoms with van der Waals surface area (Å²) < 4.78 is 0. The van der Waals surface area contributed by atoms with Crippen LogP contribution >= 0.6 is 24.0 Å². The van der Waals surface area contributed by atoms with Gasteiger partial charge < -0.3 is 10.6 Å². The first-order valence-electron chi connectivity index (χ1n) is 6.86. The van der Waals surface area contributed by atoms with E-state index in [0.717, 1.165) is 24.9 Å². The molecule has 1 aromatic rings. The normalized spacial score (nSPS) is 22.2. The fraction of sp³-hybridized carbons (Fsp3) is 0.533. The lowest BCUT2D eigenvalue weighted by atomic mass is 9.90. The molecule has 0 radical (unpaired) electrons. The number of carbonyl (C=O) groups is 1. The highest BCUT2D eigenvalue weighted by Crippen LogP contribution is 2.23. The zero-order chi connectivity index (χ0) is 13.8. The lowest BCUT2D eigenvalue weighted by molar-refractivity contribution is -0.135. The van der Waals surface area contributed by atoms with E-state index in [1.165, 1.54) is 0 Å². The smallest absolute Gasteiger partial charge is 0.227 e. The summed E-state index contributed by atoms with van der Waals surface area (Å²) in [5, 5.41) is 0.674. The third kappa shape index (κ3) is 4.11. The van der Waals surface area contributed by atoms with E-state index in [-0.39, 0.29) is 24.4 Å². The number of amides is 1. The van der Waals surface area contributed by atoms with E-state index in [4.69, 9.17) is 17.3 Å². The summed E-state index contributed by atoms with van der Waals surface area (Å²) in [6.07, 6.45) is 2.63. The van der Waals surface area contributed by atoms with Crippen LogP contribution in [-0.4, -0.2) is 29.9 Å². The molecule has 3 nitrogen and oxygen atoms in total. The number of likely N-dealkylation sites (tertiary alicyclic amines) is 1. The van der Waals surface area contributed by atoms with Crippen LogP contribution in [0.15, 0.2) is 24.3 Å². The number of nitrogens with two attached hydrogens (primary N) is 1. The standard InChI is InChI=1S/C15H21ClN2O.ClH/c1-11-4-3-7-18(14(11)10-17)15(19)9-12-5-2-6-13(16)8-12;/h2,5-6,8,11,14H,3-4,7,9-10,17H2,1H3;1H. The van der Waals surface area contributed by atoms with E-state index in [1.54, 1.807) is 0 Å². The maximum atomic E-state index is 12.4. The Morgan fingerprint density at radius 1 is 1.50 bits per heavy atom. The molecule has 1 amide bonds. The SMILES string of the molecule is CC1CCCN(C(=O)Cc2cccc(Cl)c2)C1CN.Cl. The predicted molar refractivity (Wildman–Crippen MR) is 85.4 cm³/mol. The van der Waals surface area contributed by atoms with E-state index in [2.05, 4.69) is 6.92 Å². The lowest BCUT2D eigenvalue weighted by Crippen LogP contribution is -2.51. The van der Waals surface area contributed by atoms with E-state index >= 15 is 0 Å². The molecule has 0 aromatic heterocycles. The highest BCUT2D eigenvalue weighted by molar-refractivity contribution is 6.30. The number of nitrogens with zero attached hydrogens (tertiary/aromatic N) is 1. The van der Waals surface area contributed by atoms with Crippen molar-refractivity contribution < 1.29 is 4.79 Å². The quantitative estimate of drug-likeness (QED) is 0.932. The molecule has 0 spiro atoms. The number of hydrogen-bond donors (Lipinski definition) is 1. The zero-order valence-electron chi connectivity index (χ0n) is 11.7. The van der Waals surface area contributed by atoms with Gasteiger partial charge in [-0.25, -0.2) is 0 Å². The molecular formula is C15H22Cl2N2O. The van der Waals surface area contributed by atoms with E-state index in [9.17, 15) is 4.79 Å². The van der Waals surface area contributed by atoms with Gasteiger partial charge in [0, 0.05) is 24.2 Å². The fourth-order valence-electron chi connectivity index (χ4n) is 2.84. The Hall–Kier alpha value is -0.770. The minimum absolute atomic E-state index is 0. The molecule has 1 saturated heterocycles. The molecule has 2 unspecified atom stereocenters. The lowest BCUT2D eigenvalue weighted by Gasteiger charge is -2.39. The molecule has 1 aromatic carbocycles. The number of carbonyl (C=O) groups excluding carboxylic acids is 1. The van der Waals surface area contributed by atoms with Crippen molar-refractivity contribution in [3.63, 3.8) is 0 Å². The van der Waals surface area contributed by atoms with Crippen LogP contribution in [0, 0.1) is 5.92 Å². The van der Waals surface area contributed by atoms with Crippen LogP contribution < -0.4 is 5.73 Å². The molecule has 0 saturated carbocycles. The molecule has 1 aliphatic rings. The Labute approximate surface area is 131 Å². The van der Waals surface area contributed by atoms with Crippen molar-refractivity contribution in [3.05, 3.63) is 34.9 Å². The number of benzene rings is 1. The van der Waals surface area contributed by atoms with Crippen LogP contribution in [0.4, 0.5) is 0 Å². The van der Waals surface area contributed by atoms with Crippen LogP contribution in [0.25, 0.3) is 0 Å². The van der Waals surface area contributed by atoms with Gasteiger partial charge in [0.2, 0.25) is 5.91 Å². The summed E-state index contributed by atoms with van der Waals surface area (Å²) in [5.41, 5.74) is 6.79. The van der Waals surface area contributed by atoms with Gasteiger partial charge in [0.1, 0.15) is 0 Å². The van der Waals surface area contributed by atoms with Gasteiger partial charge in [-0.05, 0) is 36.5 Å². The van der Waals surface area contributed by atoms with Crippen LogP contribution in [0.2, 0.25) is 5.02 Å². The number of hydrogen-bond acceptors (Lipinski definition) is 2. The monoisotopic (exact) mass is 316 g/mol. The van der Waals surface area contributed by atoms with Crippen molar-refractivity contribution in [1.82, 2.24) is 4.90 Å². The third-order valence-corrected chi connectivity index (χ3v) is 4.16. The minimum Gasteiger partial charge on any atom is -0.338 e. The Morgan fingerprint density at radius 3 is 2.90 bits per heavy atom. The molecule has 20 heavy (non-hydrogen) atoms. The largest absolute Gasteiger partial charge is 0.338 e. The van der Waals surface area contributed by atoms with E-state index in [1.807, 2.05) is 29.2 Å². The molecule has 2 N–H and O–H groups in total. The molecule has 0 aliphatic carbocycles. The summed E-state index contributed by atoms with van der Waals surface area (Å²) in [4.78, 5) is 14.4. The van der Waals surface area contributed by atoms with Crippen molar-refractivity contribution in [2.45, 2.75) is 32.2 Å². The van der Waals surface area contributed by atoms with Crippen molar-refractivity contribution in [1.29, 1.82) is 0 Å². The molecule has 5 heteroatoms. The summed E-state index contributed by atoms with van der Waals surface area (Å²) in [6, 6.07) is 7.67. The van der Waals surface area contributed by atoms with Crippen molar-refractivity contribution >= 4 is 29.9 Å². The second kappa shape index (κ2) is 7.87. The molecule has 1 aliphatic heterocycles. The van der Waals surface area contributed by atoms with Crippen molar-refractivity contribution in [2.75, 3.05) is 13.1 Å². The van der Waals surface area contributed by atoms with E-state index < -0.39 is 0 Å². The average Bonchev–Trinajstić information content (AvgIpc) is 2.38. The second-order valence-corrected chi connectivity index (χ2v) is 5.75. The Kier molecular flexibility index (Phi) is 6.80. The van der Waals surface area contributed by atoms with E-state index in [0.29, 0.717) is 23.9 Å². The maximum absolute atomic E-state index is 12.4. The van der Waals surface area contributed by atoms with Gasteiger partial charge in [-0.1, -0.05) is 30.7 Å². The summed E-state index contributed by atoms with van der Waals surface area (Å²) in [5.74, 6) is 0.645. The van der Waals surface area contributed by atoms with Crippen LogP contribution in [0.3, 0.4) is 0 Å². The van der Waals surface area contributed by atoms with Crippen molar-refractivity contribution in [3.8, 4) is 0 Å². The maximum Gasteiger partial charge on any atom is 0.227 e. The third-order valence-electron chi connectivity index (χ3n) is 3.92. The molecule has 1 fully saturated rings. The van der Waals surface area contributed by atoms with Gasteiger partial charge in [0.25, 0.3) is 0 Å². The first-order chi connectivity index (χ1) is 9.11. The summed E-state index contributed by atoms with van der Waals surface area (Å²) in [7, 11) is 0. The van der Waals surface area contributed by atoms with Gasteiger partial charge in [-0.3, -0.25) is 4.79 Å². The number of piperidine rings is 1. The fourth-order valence-corrected chi connectivity index (χ4v) is 3.05. The topological polar surface area (TPSA) is 46.3 Å². The highest BCUT2D eigenvalue weighted by Gasteiger charge is 2.30. The van der Waals surface area contributed by atoms with Crippen LogP contribution in [-0.2, 0) is 11.2 Å². The molecule has 112 valence electrons. The molecule has 1 heterocycles. The van der Waals surface area contributed by atoms with Gasteiger partial charge >= 0.3 is 0 Å².